The van der Waals surface area contributed by atoms with Crippen LogP contribution in [0.4, 0.5) is 19.3 Å². The van der Waals surface area contributed by atoms with Gasteiger partial charge < -0.3 is 9.84 Å². The molecule has 2 atom stereocenters. The zero-order chi connectivity index (χ0) is 21.3. The lowest BCUT2D eigenvalue weighted by Gasteiger charge is -2.14. The molecule has 1 saturated heterocycles. The van der Waals surface area contributed by atoms with Crippen LogP contribution in [-0.4, -0.2) is 55.4 Å². The van der Waals surface area contributed by atoms with Gasteiger partial charge >= 0.3 is 6.09 Å². The quantitative estimate of drug-likeness (QED) is 0.658. The Bertz CT molecular complexity index is 1060. The van der Waals surface area contributed by atoms with E-state index in [4.69, 9.17) is 9.84 Å². The molecule has 1 fully saturated rings. The van der Waals surface area contributed by atoms with Gasteiger partial charge in [-0.2, -0.15) is 4.80 Å². The molecular weight excluding hydrogens is 398 g/mol. The zero-order valence-electron chi connectivity index (χ0n) is 15.9. The predicted molar refractivity (Wildman–Crippen MR) is 101 cm³/mol. The Morgan fingerprint density at radius 1 is 1.33 bits per heavy atom. The maximum absolute atomic E-state index is 14.7. The van der Waals surface area contributed by atoms with E-state index in [9.17, 15) is 13.6 Å². The summed E-state index contributed by atoms with van der Waals surface area (Å²) in [4.78, 5) is 18.7. The molecule has 2 aromatic heterocycles. The summed E-state index contributed by atoms with van der Waals surface area (Å²) in [6.45, 7) is 2.45. The molecule has 30 heavy (non-hydrogen) atoms. The van der Waals surface area contributed by atoms with Gasteiger partial charge in [-0.05, 0) is 35.9 Å². The Labute approximate surface area is 169 Å². The van der Waals surface area contributed by atoms with Crippen molar-refractivity contribution < 1.29 is 23.4 Å². The number of anilines is 1. The maximum Gasteiger partial charge on any atom is 0.414 e. The third-order valence-electron chi connectivity index (χ3n) is 4.59. The third-order valence-corrected chi connectivity index (χ3v) is 4.59. The first kappa shape index (κ1) is 19.8. The Kier molecular flexibility index (Phi) is 5.36. The lowest BCUT2D eigenvalue weighted by molar-refractivity contribution is -0.0503. The molecule has 1 aromatic carbocycles. The zero-order valence-corrected chi connectivity index (χ0v) is 15.9. The maximum atomic E-state index is 14.7. The number of cyclic esters (lactones) is 1. The van der Waals surface area contributed by atoms with Gasteiger partial charge in [0.1, 0.15) is 11.5 Å². The first-order chi connectivity index (χ1) is 14.5. The standard InChI is InChI=1S/C19H18F2N6O3/c1-2-7-27-24-18(23-25-27)15-6-3-11(9-22-15)13-5-4-12(8-14(13)20)26-10-16(17(21)28)30-19(26)29/h3-6,8-9,16-17,28H,2,7,10H2,1H3. The molecule has 2 unspecified atom stereocenters. The second-order valence-corrected chi connectivity index (χ2v) is 6.71. The van der Waals surface area contributed by atoms with Gasteiger partial charge in [-0.15, -0.1) is 10.2 Å². The monoisotopic (exact) mass is 416 g/mol. The van der Waals surface area contributed by atoms with Crippen molar-refractivity contribution >= 4 is 11.8 Å². The number of amides is 1. The number of hydrogen-bond donors (Lipinski definition) is 1. The number of halogens is 2. The third kappa shape index (κ3) is 3.83. The molecule has 156 valence electrons. The van der Waals surface area contributed by atoms with Crippen LogP contribution in [0, 0.1) is 5.82 Å². The Morgan fingerprint density at radius 2 is 2.17 bits per heavy atom. The highest BCUT2D eigenvalue weighted by molar-refractivity contribution is 5.90. The summed E-state index contributed by atoms with van der Waals surface area (Å²) in [5.41, 5.74) is 1.50. The fourth-order valence-corrected chi connectivity index (χ4v) is 3.07. The summed E-state index contributed by atoms with van der Waals surface area (Å²) >= 11 is 0. The number of aromatic nitrogens is 5. The minimum absolute atomic E-state index is 0.200. The number of aliphatic hydroxyl groups is 1. The Hall–Kier alpha value is -3.47. The molecule has 1 aliphatic heterocycles. The first-order valence-corrected chi connectivity index (χ1v) is 9.30. The molecule has 1 amide bonds. The number of benzene rings is 1. The van der Waals surface area contributed by atoms with Gasteiger partial charge in [0.25, 0.3) is 0 Å². The molecule has 11 heteroatoms. The molecule has 0 spiro atoms. The van der Waals surface area contributed by atoms with Crippen molar-refractivity contribution in [3.63, 3.8) is 0 Å². The molecule has 0 radical (unpaired) electrons. The van der Waals surface area contributed by atoms with Crippen LogP contribution in [0.25, 0.3) is 22.6 Å². The highest BCUT2D eigenvalue weighted by atomic mass is 19.1. The second-order valence-electron chi connectivity index (χ2n) is 6.71. The van der Waals surface area contributed by atoms with Gasteiger partial charge in [-0.25, -0.2) is 13.6 Å². The van der Waals surface area contributed by atoms with Crippen molar-refractivity contribution in [2.45, 2.75) is 32.4 Å². The molecule has 0 bridgehead atoms. The highest BCUT2D eigenvalue weighted by Gasteiger charge is 2.37. The molecular formula is C19H18F2N6O3. The highest BCUT2D eigenvalue weighted by Crippen LogP contribution is 2.30. The molecule has 3 aromatic rings. The number of rotatable bonds is 6. The van der Waals surface area contributed by atoms with Gasteiger partial charge in [-0.1, -0.05) is 13.0 Å². The van der Waals surface area contributed by atoms with Crippen molar-refractivity contribution in [2.75, 3.05) is 11.4 Å². The fourth-order valence-electron chi connectivity index (χ4n) is 3.07. The van der Waals surface area contributed by atoms with Crippen LogP contribution in [0.2, 0.25) is 0 Å². The van der Waals surface area contributed by atoms with E-state index in [1.807, 2.05) is 6.92 Å². The van der Waals surface area contributed by atoms with E-state index < -0.39 is 24.4 Å². The van der Waals surface area contributed by atoms with Gasteiger partial charge in [0.15, 0.2) is 6.10 Å². The van der Waals surface area contributed by atoms with E-state index in [2.05, 4.69) is 20.4 Å². The number of ether oxygens (including phenoxy) is 1. The average molecular weight is 416 g/mol. The lowest BCUT2D eigenvalue weighted by atomic mass is 10.1. The number of aliphatic hydroxyl groups excluding tert-OH is 1. The number of alkyl halides is 1. The summed E-state index contributed by atoms with van der Waals surface area (Å²) < 4.78 is 32.4. The number of hydrogen-bond acceptors (Lipinski definition) is 7. The van der Waals surface area contributed by atoms with E-state index in [0.717, 1.165) is 17.4 Å². The minimum Gasteiger partial charge on any atom is -0.438 e. The van der Waals surface area contributed by atoms with Crippen molar-refractivity contribution in [2.24, 2.45) is 0 Å². The number of aryl methyl sites for hydroxylation is 1. The Morgan fingerprint density at radius 3 is 2.80 bits per heavy atom. The number of carbonyl (C=O) groups excluding carboxylic acids is 1. The van der Waals surface area contributed by atoms with Crippen molar-refractivity contribution in [1.82, 2.24) is 25.2 Å². The van der Waals surface area contributed by atoms with Crippen LogP contribution in [0.15, 0.2) is 36.5 Å². The number of tetrazole rings is 1. The molecule has 1 aliphatic rings. The number of pyridine rings is 1. The van der Waals surface area contributed by atoms with E-state index in [1.165, 1.54) is 23.1 Å². The fraction of sp³-hybridized carbons (Fsp3) is 0.316. The summed E-state index contributed by atoms with van der Waals surface area (Å²) in [6.07, 6.45) is -2.08. The van der Waals surface area contributed by atoms with Crippen LogP contribution in [0.3, 0.4) is 0 Å². The van der Waals surface area contributed by atoms with Crippen molar-refractivity contribution in [3.05, 3.63) is 42.3 Å². The minimum atomic E-state index is -2.30. The van der Waals surface area contributed by atoms with E-state index in [-0.39, 0.29) is 17.8 Å². The molecule has 3 heterocycles. The van der Waals surface area contributed by atoms with Crippen LogP contribution >= 0.6 is 0 Å². The van der Waals surface area contributed by atoms with Crippen molar-refractivity contribution in [3.8, 4) is 22.6 Å². The Balaban J connectivity index is 1.54. The SMILES string of the molecule is CCCn1nnc(-c2ccc(-c3ccc(N4CC(C(O)F)OC4=O)cc3F)cn2)n1. The molecule has 0 saturated carbocycles. The smallest absolute Gasteiger partial charge is 0.414 e. The average Bonchev–Trinajstić information content (AvgIpc) is 3.35. The van der Waals surface area contributed by atoms with E-state index >= 15 is 0 Å². The van der Waals surface area contributed by atoms with Crippen LogP contribution in [0.1, 0.15) is 13.3 Å². The first-order valence-electron chi connectivity index (χ1n) is 9.30. The van der Waals surface area contributed by atoms with Crippen LogP contribution in [0.5, 0.6) is 0 Å². The molecule has 4 rings (SSSR count). The largest absolute Gasteiger partial charge is 0.438 e. The lowest BCUT2D eigenvalue weighted by Crippen LogP contribution is -2.28. The van der Waals surface area contributed by atoms with Crippen LogP contribution < -0.4 is 4.90 Å². The van der Waals surface area contributed by atoms with Gasteiger partial charge in [0.2, 0.25) is 12.2 Å². The molecule has 1 N–H and O–H groups in total. The summed E-state index contributed by atoms with van der Waals surface area (Å²) in [7, 11) is 0. The second kappa shape index (κ2) is 8.11. The van der Waals surface area contributed by atoms with Gasteiger partial charge in [-0.3, -0.25) is 9.88 Å². The van der Waals surface area contributed by atoms with E-state index in [1.54, 1.807) is 12.1 Å². The topological polar surface area (TPSA) is 106 Å². The van der Waals surface area contributed by atoms with E-state index in [0.29, 0.717) is 23.6 Å². The normalized spacial score (nSPS) is 17.3. The summed E-state index contributed by atoms with van der Waals surface area (Å²) in [6, 6.07) is 7.50. The molecule has 9 nitrogen and oxygen atoms in total. The van der Waals surface area contributed by atoms with Crippen LogP contribution in [-0.2, 0) is 11.3 Å². The number of carbonyl (C=O) groups is 1. The predicted octanol–water partition coefficient (Wildman–Crippen LogP) is 2.56. The summed E-state index contributed by atoms with van der Waals surface area (Å²) in [5, 5.41) is 21.1. The van der Waals surface area contributed by atoms with Gasteiger partial charge in [0.05, 0.1) is 18.8 Å². The van der Waals surface area contributed by atoms with Gasteiger partial charge in [0, 0.05) is 17.3 Å². The summed E-state index contributed by atoms with van der Waals surface area (Å²) in [5.74, 6) is -0.214. The van der Waals surface area contributed by atoms with Crippen molar-refractivity contribution in [1.29, 1.82) is 0 Å². The molecule has 0 aliphatic carbocycles. The number of nitrogens with zero attached hydrogens (tertiary/aromatic N) is 6.